The summed E-state index contributed by atoms with van der Waals surface area (Å²) < 4.78 is 45.2. The molecule has 0 spiro atoms. The number of para-hydroxylation sites is 1. The van der Waals surface area contributed by atoms with Gasteiger partial charge in [0.25, 0.3) is 5.91 Å². The third-order valence-electron chi connectivity index (χ3n) is 5.15. The van der Waals surface area contributed by atoms with Crippen molar-refractivity contribution in [1.29, 1.82) is 0 Å². The van der Waals surface area contributed by atoms with Gasteiger partial charge >= 0.3 is 6.18 Å². The van der Waals surface area contributed by atoms with Crippen LogP contribution in [0.25, 0.3) is 0 Å². The molecule has 0 unspecified atom stereocenters. The van der Waals surface area contributed by atoms with Gasteiger partial charge in [0.1, 0.15) is 5.75 Å². The molecule has 1 heterocycles. The monoisotopic (exact) mass is 513 g/mol. The number of benzene rings is 2. The summed E-state index contributed by atoms with van der Waals surface area (Å²) in [5.41, 5.74) is -0.624. The molecule has 1 aliphatic heterocycles. The lowest BCUT2D eigenvalue weighted by molar-refractivity contribution is -0.137. The highest BCUT2D eigenvalue weighted by molar-refractivity contribution is 9.10. The third kappa shape index (κ3) is 6.01. The Kier molecular flexibility index (Phi) is 7.78. The van der Waals surface area contributed by atoms with Gasteiger partial charge in [-0.05, 0) is 52.7 Å². The van der Waals surface area contributed by atoms with Crippen molar-refractivity contribution in [2.75, 3.05) is 45.2 Å². The molecule has 0 bridgehead atoms. The van der Waals surface area contributed by atoms with Crippen molar-refractivity contribution in [2.24, 2.45) is 0 Å². The van der Waals surface area contributed by atoms with Crippen LogP contribution in [0.15, 0.2) is 46.9 Å². The van der Waals surface area contributed by atoms with E-state index in [0.717, 1.165) is 6.07 Å². The number of carbonyl (C=O) groups is 2. The van der Waals surface area contributed by atoms with Gasteiger partial charge in [0.05, 0.1) is 29.4 Å². The molecule has 3 rings (SSSR count). The zero-order valence-electron chi connectivity index (χ0n) is 17.4. The normalized spacial score (nSPS) is 15.2. The van der Waals surface area contributed by atoms with Crippen molar-refractivity contribution in [2.45, 2.75) is 12.6 Å². The van der Waals surface area contributed by atoms with Crippen LogP contribution in [-0.4, -0.2) is 61.4 Å². The predicted octanol–water partition coefficient (Wildman–Crippen LogP) is 4.26. The first-order valence-corrected chi connectivity index (χ1v) is 10.8. The fourth-order valence-corrected chi connectivity index (χ4v) is 4.09. The lowest BCUT2D eigenvalue weighted by Crippen LogP contribution is -2.38. The van der Waals surface area contributed by atoms with E-state index in [1.807, 2.05) is 4.90 Å². The molecule has 1 aliphatic rings. The Hall–Kier alpha value is -2.59. The molecule has 2 aromatic carbocycles. The van der Waals surface area contributed by atoms with E-state index in [2.05, 4.69) is 21.2 Å². The Bertz CT molecular complexity index is 984. The smallest absolute Gasteiger partial charge is 0.418 e. The van der Waals surface area contributed by atoms with Gasteiger partial charge in [0, 0.05) is 31.7 Å². The Morgan fingerprint density at radius 1 is 1.09 bits per heavy atom. The van der Waals surface area contributed by atoms with Crippen molar-refractivity contribution < 1.29 is 27.5 Å². The average Bonchev–Trinajstić information content (AvgIpc) is 2.98. The van der Waals surface area contributed by atoms with E-state index in [0.29, 0.717) is 48.4 Å². The minimum absolute atomic E-state index is 0.0533. The van der Waals surface area contributed by atoms with Gasteiger partial charge in [-0.1, -0.05) is 12.1 Å². The van der Waals surface area contributed by atoms with Crippen LogP contribution in [0.1, 0.15) is 22.3 Å². The van der Waals surface area contributed by atoms with Crippen LogP contribution in [-0.2, 0) is 11.0 Å². The Balaban J connectivity index is 1.58. The summed E-state index contributed by atoms with van der Waals surface area (Å²) >= 11 is 3.38. The standard InChI is InChI=1S/C22H23BrF3N3O3/c1-32-19-8-7-15(13-17(19)23)21(31)29-10-4-9-28(11-12-29)14-20(30)27-18-6-3-2-5-16(18)22(24,25)26/h2-3,5-8,13H,4,9-12,14H2,1H3,(H,27,30). The number of rotatable bonds is 5. The lowest BCUT2D eigenvalue weighted by atomic mass is 10.1. The minimum Gasteiger partial charge on any atom is -0.496 e. The Morgan fingerprint density at radius 3 is 2.53 bits per heavy atom. The van der Waals surface area contributed by atoms with Crippen molar-refractivity contribution in [3.8, 4) is 5.75 Å². The van der Waals surface area contributed by atoms with E-state index in [4.69, 9.17) is 4.74 Å². The highest BCUT2D eigenvalue weighted by atomic mass is 79.9. The first kappa shape index (κ1) is 24.1. The molecule has 10 heteroatoms. The van der Waals surface area contributed by atoms with Crippen molar-refractivity contribution in [1.82, 2.24) is 9.80 Å². The number of carbonyl (C=O) groups excluding carboxylic acids is 2. The van der Waals surface area contributed by atoms with E-state index in [1.54, 1.807) is 30.2 Å². The summed E-state index contributed by atoms with van der Waals surface area (Å²) in [6.07, 6.45) is -3.90. The van der Waals surface area contributed by atoms with Gasteiger partial charge in [-0.3, -0.25) is 14.5 Å². The number of methoxy groups -OCH3 is 1. The van der Waals surface area contributed by atoms with E-state index in [-0.39, 0.29) is 18.1 Å². The number of hydrogen-bond acceptors (Lipinski definition) is 4. The van der Waals surface area contributed by atoms with E-state index < -0.39 is 17.6 Å². The first-order valence-electron chi connectivity index (χ1n) is 10.0. The number of nitrogens with zero attached hydrogens (tertiary/aromatic N) is 2. The average molecular weight is 514 g/mol. The molecule has 1 N–H and O–H groups in total. The molecule has 2 aromatic rings. The Morgan fingerprint density at radius 2 is 1.84 bits per heavy atom. The number of amides is 2. The van der Waals surface area contributed by atoms with E-state index in [1.165, 1.54) is 18.2 Å². The van der Waals surface area contributed by atoms with Crippen LogP contribution in [0.5, 0.6) is 5.75 Å². The summed E-state index contributed by atoms with van der Waals surface area (Å²) in [6.45, 7) is 1.89. The van der Waals surface area contributed by atoms with Crippen LogP contribution in [0.4, 0.5) is 18.9 Å². The molecular weight excluding hydrogens is 491 g/mol. The molecule has 0 saturated carbocycles. The van der Waals surface area contributed by atoms with Crippen LogP contribution >= 0.6 is 15.9 Å². The summed E-state index contributed by atoms with van der Waals surface area (Å²) in [4.78, 5) is 28.8. The van der Waals surface area contributed by atoms with Crippen molar-refractivity contribution in [3.63, 3.8) is 0 Å². The zero-order valence-corrected chi connectivity index (χ0v) is 19.0. The van der Waals surface area contributed by atoms with Gasteiger partial charge in [-0.15, -0.1) is 0 Å². The lowest BCUT2D eigenvalue weighted by Gasteiger charge is -2.22. The largest absolute Gasteiger partial charge is 0.496 e. The second-order valence-corrected chi connectivity index (χ2v) is 8.22. The van der Waals surface area contributed by atoms with Crippen LogP contribution in [0.2, 0.25) is 0 Å². The van der Waals surface area contributed by atoms with Crippen LogP contribution < -0.4 is 10.1 Å². The van der Waals surface area contributed by atoms with E-state index >= 15 is 0 Å². The summed E-state index contributed by atoms with van der Waals surface area (Å²) in [6, 6.07) is 10.00. The molecule has 1 saturated heterocycles. The molecule has 2 amide bonds. The minimum atomic E-state index is -4.55. The number of anilines is 1. The maximum Gasteiger partial charge on any atom is 0.418 e. The fraction of sp³-hybridized carbons (Fsp3) is 0.364. The first-order chi connectivity index (χ1) is 15.2. The number of ether oxygens (including phenoxy) is 1. The molecule has 32 heavy (non-hydrogen) atoms. The molecule has 1 fully saturated rings. The van der Waals surface area contributed by atoms with Gasteiger partial charge in [0.2, 0.25) is 5.91 Å². The summed E-state index contributed by atoms with van der Waals surface area (Å²) in [5.74, 6) is -0.0268. The third-order valence-corrected chi connectivity index (χ3v) is 5.77. The van der Waals surface area contributed by atoms with Gasteiger partial charge in [-0.25, -0.2) is 0 Å². The highest BCUT2D eigenvalue weighted by Crippen LogP contribution is 2.34. The van der Waals surface area contributed by atoms with Gasteiger partial charge < -0.3 is 15.0 Å². The van der Waals surface area contributed by atoms with Crippen molar-refractivity contribution >= 4 is 33.4 Å². The number of halogens is 4. The zero-order chi connectivity index (χ0) is 23.3. The number of hydrogen-bond donors (Lipinski definition) is 1. The second-order valence-electron chi connectivity index (χ2n) is 7.36. The number of alkyl halides is 3. The molecule has 0 aliphatic carbocycles. The van der Waals surface area contributed by atoms with Gasteiger partial charge in [-0.2, -0.15) is 13.2 Å². The Labute approximate surface area is 192 Å². The van der Waals surface area contributed by atoms with E-state index in [9.17, 15) is 22.8 Å². The maximum absolute atomic E-state index is 13.1. The second kappa shape index (κ2) is 10.4. The predicted molar refractivity (Wildman–Crippen MR) is 118 cm³/mol. The van der Waals surface area contributed by atoms with Gasteiger partial charge in [0.15, 0.2) is 0 Å². The van der Waals surface area contributed by atoms with Crippen molar-refractivity contribution in [3.05, 3.63) is 58.1 Å². The maximum atomic E-state index is 13.1. The van der Waals surface area contributed by atoms with Crippen LogP contribution in [0, 0.1) is 0 Å². The summed E-state index contributed by atoms with van der Waals surface area (Å²) in [7, 11) is 1.54. The van der Waals surface area contributed by atoms with Crippen LogP contribution in [0.3, 0.4) is 0 Å². The molecule has 0 radical (unpaired) electrons. The highest BCUT2D eigenvalue weighted by Gasteiger charge is 2.33. The molecule has 172 valence electrons. The molecule has 6 nitrogen and oxygen atoms in total. The molecule has 0 atom stereocenters. The SMILES string of the molecule is COc1ccc(C(=O)N2CCCN(CC(=O)Nc3ccccc3C(F)(F)F)CC2)cc1Br. The topological polar surface area (TPSA) is 61.9 Å². The quantitative estimate of drug-likeness (QED) is 0.648. The number of nitrogens with one attached hydrogen (secondary N) is 1. The molecule has 0 aromatic heterocycles. The molecular formula is C22H23BrF3N3O3. The summed E-state index contributed by atoms with van der Waals surface area (Å²) in [5, 5.41) is 2.36. The fourth-order valence-electron chi connectivity index (χ4n) is 3.55.